The minimum atomic E-state index is 0.179. The number of thioether (sulfide) groups is 1. The molecule has 3 N–H and O–H groups in total. The Hall–Kier alpha value is -0.220. The summed E-state index contributed by atoms with van der Waals surface area (Å²) in [6.07, 6.45) is 1.90. The van der Waals surface area contributed by atoms with Gasteiger partial charge in [0.15, 0.2) is 0 Å². The number of amides is 1. The van der Waals surface area contributed by atoms with Crippen molar-refractivity contribution in [2.75, 3.05) is 18.1 Å². The lowest BCUT2D eigenvalue weighted by molar-refractivity contribution is -0.124. The zero-order chi connectivity index (χ0) is 9.68. The predicted molar refractivity (Wildman–Crippen MR) is 56.7 cm³/mol. The number of carbonyl (C=O) groups excluding carboxylic acids is 1. The standard InChI is InChI=1S/C9H18N2OS/c1-7(10)2-4-11-9(12)8-3-5-13-6-8/h7-8H,2-6,10H2,1H3,(H,11,12). The molecule has 0 aromatic carbocycles. The fraction of sp³-hybridized carbons (Fsp3) is 0.889. The van der Waals surface area contributed by atoms with Crippen LogP contribution in [0.15, 0.2) is 0 Å². The van der Waals surface area contributed by atoms with E-state index in [1.165, 1.54) is 0 Å². The zero-order valence-corrected chi connectivity index (χ0v) is 8.90. The lowest BCUT2D eigenvalue weighted by atomic mass is 10.1. The molecule has 2 atom stereocenters. The summed E-state index contributed by atoms with van der Waals surface area (Å²) >= 11 is 1.86. The van der Waals surface area contributed by atoms with E-state index in [0.29, 0.717) is 0 Å². The number of hydrogen-bond acceptors (Lipinski definition) is 3. The van der Waals surface area contributed by atoms with Crippen LogP contribution in [0.25, 0.3) is 0 Å². The van der Waals surface area contributed by atoms with Gasteiger partial charge in [0.2, 0.25) is 5.91 Å². The Kier molecular flexibility index (Phi) is 4.59. The molecule has 1 aliphatic heterocycles. The summed E-state index contributed by atoms with van der Waals surface area (Å²) in [5, 5.41) is 2.92. The van der Waals surface area contributed by atoms with Crippen molar-refractivity contribution >= 4 is 17.7 Å². The first-order chi connectivity index (χ1) is 6.20. The van der Waals surface area contributed by atoms with Gasteiger partial charge in [0.05, 0.1) is 0 Å². The van der Waals surface area contributed by atoms with Crippen molar-refractivity contribution in [3.8, 4) is 0 Å². The third kappa shape index (κ3) is 4.00. The van der Waals surface area contributed by atoms with E-state index in [1.807, 2.05) is 18.7 Å². The number of nitrogens with one attached hydrogen (secondary N) is 1. The molecular formula is C9H18N2OS. The maximum Gasteiger partial charge on any atom is 0.223 e. The van der Waals surface area contributed by atoms with E-state index in [1.54, 1.807) is 0 Å². The maximum atomic E-state index is 11.5. The normalized spacial score (nSPS) is 24.3. The van der Waals surface area contributed by atoms with E-state index >= 15 is 0 Å². The molecule has 1 saturated heterocycles. The van der Waals surface area contributed by atoms with Crippen LogP contribution in [0.2, 0.25) is 0 Å². The molecule has 1 rings (SSSR count). The molecular weight excluding hydrogens is 184 g/mol. The Bertz CT molecular complexity index is 167. The van der Waals surface area contributed by atoms with Gasteiger partial charge in [0.1, 0.15) is 0 Å². The summed E-state index contributed by atoms with van der Waals surface area (Å²) in [4.78, 5) is 11.5. The number of hydrogen-bond donors (Lipinski definition) is 2. The van der Waals surface area contributed by atoms with Crippen molar-refractivity contribution in [1.82, 2.24) is 5.32 Å². The third-order valence-electron chi connectivity index (χ3n) is 2.20. The van der Waals surface area contributed by atoms with E-state index in [9.17, 15) is 4.79 Å². The largest absolute Gasteiger partial charge is 0.356 e. The molecule has 0 spiro atoms. The minimum Gasteiger partial charge on any atom is -0.356 e. The summed E-state index contributed by atoms with van der Waals surface area (Å²) in [7, 11) is 0. The van der Waals surface area contributed by atoms with Crippen molar-refractivity contribution in [2.24, 2.45) is 11.7 Å². The van der Waals surface area contributed by atoms with Gasteiger partial charge in [-0.25, -0.2) is 0 Å². The molecule has 0 aromatic rings. The Morgan fingerprint density at radius 1 is 1.77 bits per heavy atom. The summed E-state index contributed by atoms with van der Waals surface area (Å²) < 4.78 is 0. The fourth-order valence-electron chi connectivity index (χ4n) is 1.31. The maximum absolute atomic E-state index is 11.5. The molecule has 0 radical (unpaired) electrons. The number of nitrogens with two attached hydrogens (primary N) is 1. The molecule has 13 heavy (non-hydrogen) atoms. The molecule has 0 bridgehead atoms. The van der Waals surface area contributed by atoms with Crippen LogP contribution in [-0.4, -0.2) is 30.0 Å². The van der Waals surface area contributed by atoms with E-state index in [0.717, 1.165) is 30.9 Å². The highest BCUT2D eigenvalue weighted by Gasteiger charge is 2.22. The lowest BCUT2D eigenvalue weighted by Crippen LogP contribution is -2.33. The van der Waals surface area contributed by atoms with Crippen molar-refractivity contribution < 1.29 is 4.79 Å². The van der Waals surface area contributed by atoms with Crippen LogP contribution in [-0.2, 0) is 4.79 Å². The fourth-order valence-corrected chi connectivity index (χ4v) is 2.53. The van der Waals surface area contributed by atoms with Gasteiger partial charge in [0.25, 0.3) is 0 Å². The van der Waals surface area contributed by atoms with Crippen molar-refractivity contribution in [2.45, 2.75) is 25.8 Å². The van der Waals surface area contributed by atoms with Crippen LogP contribution in [0.3, 0.4) is 0 Å². The van der Waals surface area contributed by atoms with Gasteiger partial charge in [-0.15, -0.1) is 0 Å². The highest BCUT2D eigenvalue weighted by molar-refractivity contribution is 7.99. The Morgan fingerprint density at radius 3 is 3.08 bits per heavy atom. The molecule has 0 saturated carbocycles. The van der Waals surface area contributed by atoms with E-state index in [4.69, 9.17) is 5.73 Å². The molecule has 1 fully saturated rings. The van der Waals surface area contributed by atoms with Crippen molar-refractivity contribution in [3.63, 3.8) is 0 Å². The minimum absolute atomic E-state index is 0.179. The number of rotatable bonds is 4. The molecule has 3 nitrogen and oxygen atoms in total. The van der Waals surface area contributed by atoms with Gasteiger partial charge in [-0.05, 0) is 25.5 Å². The summed E-state index contributed by atoms with van der Waals surface area (Å²) in [6, 6.07) is 0.179. The Morgan fingerprint density at radius 2 is 2.54 bits per heavy atom. The molecule has 1 heterocycles. The highest BCUT2D eigenvalue weighted by Crippen LogP contribution is 2.23. The smallest absolute Gasteiger partial charge is 0.223 e. The zero-order valence-electron chi connectivity index (χ0n) is 8.08. The van der Waals surface area contributed by atoms with Gasteiger partial charge >= 0.3 is 0 Å². The molecule has 1 aliphatic rings. The lowest BCUT2D eigenvalue weighted by Gasteiger charge is -2.10. The first-order valence-electron chi connectivity index (χ1n) is 4.81. The first-order valence-corrected chi connectivity index (χ1v) is 5.96. The second kappa shape index (κ2) is 5.50. The average Bonchev–Trinajstić information content (AvgIpc) is 2.55. The molecule has 76 valence electrons. The molecule has 0 aliphatic carbocycles. The third-order valence-corrected chi connectivity index (χ3v) is 3.36. The van der Waals surface area contributed by atoms with Crippen LogP contribution in [0.5, 0.6) is 0 Å². The highest BCUT2D eigenvalue weighted by atomic mass is 32.2. The van der Waals surface area contributed by atoms with Crippen LogP contribution < -0.4 is 11.1 Å². The SMILES string of the molecule is CC(N)CCNC(=O)C1CCSC1. The van der Waals surface area contributed by atoms with Gasteiger partial charge in [-0.1, -0.05) is 0 Å². The number of carbonyl (C=O) groups is 1. The molecule has 1 amide bonds. The molecule has 4 heteroatoms. The summed E-state index contributed by atoms with van der Waals surface area (Å²) in [6.45, 7) is 2.68. The monoisotopic (exact) mass is 202 g/mol. The van der Waals surface area contributed by atoms with Crippen molar-refractivity contribution in [1.29, 1.82) is 0 Å². The molecule has 0 aromatic heterocycles. The summed E-state index contributed by atoms with van der Waals surface area (Å²) in [5.74, 6) is 2.58. The van der Waals surface area contributed by atoms with Gasteiger partial charge in [0, 0.05) is 24.3 Å². The Balaban J connectivity index is 2.10. The second-order valence-corrected chi connectivity index (χ2v) is 4.77. The van der Waals surface area contributed by atoms with Crippen LogP contribution in [0.1, 0.15) is 19.8 Å². The van der Waals surface area contributed by atoms with Crippen LogP contribution in [0.4, 0.5) is 0 Å². The van der Waals surface area contributed by atoms with Gasteiger partial charge in [-0.3, -0.25) is 4.79 Å². The molecule has 2 unspecified atom stereocenters. The van der Waals surface area contributed by atoms with Crippen molar-refractivity contribution in [3.05, 3.63) is 0 Å². The summed E-state index contributed by atoms with van der Waals surface area (Å²) in [5.41, 5.74) is 5.58. The van der Waals surface area contributed by atoms with Crippen LogP contribution >= 0.6 is 11.8 Å². The second-order valence-electron chi connectivity index (χ2n) is 3.62. The Labute approximate surface area is 83.8 Å². The first kappa shape index (κ1) is 10.9. The van der Waals surface area contributed by atoms with Gasteiger partial charge in [-0.2, -0.15) is 11.8 Å². The van der Waals surface area contributed by atoms with E-state index < -0.39 is 0 Å². The topological polar surface area (TPSA) is 55.1 Å². The average molecular weight is 202 g/mol. The van der Waals surface area contributed by atoms with Gasteiger partial charge < -0.3 is 11.1 Å². The van der Waals surface area contributed by atoms with E-state index in [-0.39, 0.29) is 17.9 Å². The quantitative estimate of drug-likeness (QED) is 0.701. The van der Waals surface area contributed by atoms with Crippen LogP contribution in [0, 0.1) is 5.92 Å². The van der Waals surface area contributed by atoms with E-state index in [2.05, 4.69) is 5.32 Å². The predicted octanol–water partition coefficient (Wildman–Crippen LogP) is 0.593.